The van der Waals surface area contributed by atoms with E-state index in [1.807, 2.05) is 6.92 Å². The van der Waals surface area contributed by atoms with E-state index < -0.39 is 15.8 Å². The van der Waals surface area contributed by atoms with Crippen molar-refractivity contribution in [3.05, 3.63) is 23.5 Å². The maximum Gasteiger partial charge on any atom is 0.243 e. The summed E-state index contributed by atoms with van der Waals surface area (Å²) in [5.41, 5.74) is 5.69. The zero-order valence-electron chi connectivity index (χ0n) is 11.6. The summed E-state index contributed by atoms with van der Waals surface area (Å²) in [6.07, 6.45) is 0.477. The fourth-order valence-corrected chi connectivity index (χ4v) is 4.06. The fourth-order valence-electron chi connectivity index (χ4n) is 2.26. The predicted octanol–water partition coefficient (Wildman–Crippen LogP) is 1.52. The van der Waals surface area contributed by atoms with E-state index in [4.69, 9.17) is 10.5 Å². The molecule has 1 aromatic carbocycles. The van der Waals surface area contributed by atoms with Crippen LogP contribution in [-0.2, 0) is 14.8 Å². The van der Waals surface area contributed by atoms with Crippen LogP contribution in [0.1, 0.15) is 18.9 Å². The number of hydrogen-bond acceptors (Lipinski definition) is 4. The number of benzene rings is 1. The van der Waals surface area contributed by atoms with Crippen LogP contribution < -0.4 is 5.73 Å². The van der Waals surface area contributed by atoms with Crippen molar-refractivity contribution in [1.29, 1.82) is 0 Å². The van der Waals surface area contributed by atoms with Crippen molar-refractivity contribution in [3.63, 3.8) is 0 Å². The third kappa shape index (κ3) is 2.94. The standard InChI is InChI=1S/C13H19FN2O3S/c1-9-6-11(14)12(15)7-13(9)20(17,18)16-4-3-5-19-10(2)8-16/h6-7,10H,3-5,8,15H2,1-2H3. The number of sulfonamides is 1. The minimum Gasteiger partial charge on any atom is -0.396 e. The number of ether oxygens (including phenoxy) is 1. The molecular weight excluding hydrogens is 283 g/mol. The van der Waals surface area contributed by atoms with Gasteiger partial charge in [0.15, 0.2) is 0 Å². The van der Waals surface area contributed by atoms with E-state index >= 15 is 0 Å². The SMILES string of the molecule is Cc1cc(F)c(N)cc1S(=O)(=O)N1CCCOC(C)C1. The Morgan fingerprint density at radius 1 is 1.45 bits per heavy atom. The van der Waals surface area contributed by atoms with Crippen LogP contribution in [0.2, 0.25) is 0 Å². The number of rotatable bonds is 2. The minimum atomic E-state index is -3.68. The topological polar surface area (TPSA) is 72.6 Å². The highest BCUT2D eigenvalue weighted by Gasteiger charge is 2.29. The van der Waals surface area contributed by atoms with Crippen molar-refractivity contribution in [2.24, 2.45) is 0 Å². The molecule has 0 radical (unpaired) electrons. The molecule has 0 saturated carbocycles. The first-order chi connectivity index (χ1) is 9.32. The normalized spacial score (nSPS) is 21.6. The lowest BCUT2D eigenvalue weighted by Gasteiger charge is -2.22. The molecule has 5 nitrogen and oxygen atoms in total. The Labute approximate surface area is 118 Å². The molecule has 1 fully saturated rings. The van der Waals surface area contributed by atoms with Crippen LogP contribution in [0.4, 0.5) is 10.1 Å². The Balaban J connectivity index is 2.41. The highest BCUT2D eigenvalue weighted by molar-refractivity contribution is 7.89. The number of nitrogens with two attached hydrogens (primary N) is 1. The molecule has 7 heteroatoms. The molecule has 2 N–H and O–H groups in total. The molecule has 0 spiro atoms. The summed E-state index contributed by atoms with van der Waals surface area (Å²) >= 11 is 0. The van der Waals surface area contributed by atoms with Gasteiger partial charge in [0, 0.05) is 19.7 Å². The Hall–Kier alpha value is -1.18. The van der Waals surface area contributed by atoms with Gasteiger partial charge >= 0.3 is 0 Å². The van der Waals surface area contributed by atoms with Gasteiger partial charge in [0.1, 0.15) is 5.82 Å². The summed E-state index contributed by atoms with van der Waals surface area (Å²) in [6.45, 7) is 4.62. The smallest absolute Gasteiger partial charge is 0.243 e. The lowest BCUT2D eigenvalue weighted by atomic mass is 10.2. The van der Waals surface area contributed by atoms with Gasteiger partial charge in [0.2, 0.25) is 10.0 Å². The quantitative estimate of drug-likeness (QED) is 0.841. The second-order valence-electron chi connectivity index (χ2n) is 5.04. The van der Waals surface area contributed by atoms with E-state index in [9.17, 15) is 12.8 Å². The predicted molar refractivity (Wildman–Crippen MR) is 74.3 cm³/mol. The van der Waals surface area contributed by atoms with Crippen LogP contribution in [0.3, 0.4) is 0 Å². The third-order valence-electron chi connectivity index (χ3n) is 3.33. The van der Waals surface area contributed by atoms with E-state index in [1.165, 1.54) is 10.4 Å². The van der Waals surface area contributed by atoms with Crippen LogP contribution in [0, 0.1) is 12.7 Å². The highest BCUT2D eigenvalue weighted by Crippen LogP contribution is 2.25. The lowest BCUT2D eigenvalue weighted by molar-refractivity contribution is 0.0752. The zero-order chi connectivity index (χ0) is 14.9. The second kappa shape index (κ2) is 5.67. The molecular formula is C13H19FN2O3S. The van der Waals surface area contributed by atoms with Crippen molar-refractivity contribution >= 4 is 15.7 Å². The summed E-state index contributed by atoms with van der Waals surface area (Å²) in [6, 6.07) is 2.34. The van der Waals surface area contributed by atoms with Crippen LogP contribution in [-0.4, -0.2) is 38.5 Å². The van der Waals surface area contributed by atoms with Crippen LogP contribution >= 0.6 is 0 Å². The third-order valence-corrected chi connectivity index (χ3v) is 5.33. The zero-order valence-corrected chi connectivity index (χ0v) is 12.4. The van der Waals surface area contributed by atoms with E-state index in [1.54, 1.807) is 6.92 Å². The molecule has 1 atom stereocenters. The van der Waals surface area contributed by atoms with E-state index in [0.717, 1.165) is 6.07 Å². The van der Waals surface area contributed by atoms with Gasteiger partial charge < -0.3 is 10.5 Å². The summed E-state index contributed by atoms with van der Waals surface area (Å²) < 4.78 is 45.5. The molecule has 1 unspecified atom stereocenters. The maximum atomic E-state index is 13.4. The van der Waals surface area contributed by atoms with Crippen molar-refractivity contribution in [2.45, 2.75) is 31.3 Å². The molecule has 20 heavy (non-hydrogen) atoms. The van der Waals surface area contributed by atoms with Crippen LogP contribution in [0.5, 0.6) is 0 Å². The van der Waals surface area contributed by atoms with Gasteiger partial charge in [-0.05, 0) is 38.0 Å². The summed E-state index contributed by atoms with van der Waals surface area (Å²) in [5, 5.41) is 0. The Kier molecular flexibility index (Phi) is 4.31. The molecule has 112 valence electrons. The van der Waals surface area contributed by atoms with E-state index in [2.05, 4.69) is 0 Å². The van der Waals surface area contributed by atoms with E-state index in [-0.39, 0.29) is 16.7 Å². The Bertz CT molecular complexity index is 604. The average molecular weight is 302 g/mol. The van der Waals surface area contributed by atoms with Crippen molar-refractivity contribution in [3.8, 4) is 0 Å². The molecule has 0 aliphatic carbocycles. The molecule has 1 aliphatic heterocycles. The minimum absolute atomic E-state index is 0.0606. The summed E-state index contributed by atoms with van der Waals surface area (Å²) in [5.74, 6) is -0.603. The summed E-state index contributed by atoms with van der Waals surface area (Å²) in [7, 11) is -3.68. The van der Waals surface area contributed by atoms with Gasteiger partial charge in [-0.1, -0.05) is 0 Å². The molecule has 2 rings (SSSR count). The molecule has 0 amide bonds. The molecule has 1 aromatic rings. The fraction of sp³-hybridized carbons (Fsp3) is 0.538. The first-order valence-electron chi connectivity index (χ1n) is 6.49. The lowest BCUT2D eigenvalue weighted by Crippen LogP contribution is -2.36. The molecule has 0 bridgehead atoms. The second-order valence-corrected chi connectivity index (χ2v) is 6.94. The molecule has 1 saturated heterocycles. The van der Waals surface area contributed by atoms with Gasteiger partial charge in [-0.2, -0.15) is 4.31 Å². The number of anilines is 1. The monoisotopic (exact) mass is 302 g/mol. The number of halogens is 1. The van der Waals surface area contributed by atoms with Gasteiger partial charge in [-0.3, -0.25) is 0 Å². The average Bonchev–Trinajstić information content (AvgIpc) is 2.58. The maximum absolute atomic E-state index is 13.4. The first kappa shape index (κ1) is 15.2. The summed E-state index contributed by atoms with van der Waals surface area (Å²) in [4.78, 5) is 0.0606. The van der Waals surface area contributed by atoms with Crippen LogP contribution in [0.25, 0.3) is 0 Å². The first-order valence-corrected chi connectivity index (χ1v) is 7.93. The van der Waals surface area contributed by atoms with Gasteiger partial charge in [-0.15, -0.1) is 0 Å². The van der Waals surface area contributed by atoms with E-state index in [0.29, 0.717) is 31.7 Å². The molecule has 1 heterocycles. The highest BCUT2D eigenvalue weighted by atomic mass is 32.2. The number of hydrogen-bond donors (Lipinski definition) is 1. The Morgan fingerprint density at radius 3 is 2.85 bits per heavy atom. The van der Waals surface area contributed by atoms with Gasteiger partial charge in [0.25, 0.3) is 0 Å². The van der Waals surface area contributed by atoms with Gasteiger partial charge in [-0.25, -0.2) is 12.8 Å². The number of nitrogen functional groups attached to an aromatic ring is 1. The largest absolute Gasteiger partial charge is 0.396 e. The molecule has 0 aromatic heterocycles. The number of nitrogens with zero attached hydrogens (tertiary/aromatic N) is 1. The van der Waals surface area contributed by atoms with Crippen molar-refractivity contribution < 1.29 is 17.5 Å². The van der Waals surface area contributed by atoms with Crippen molar-refractivity contribution in [2.75, 3.05) is 25.4 Å². The number of aryl methyl sites for hydroxylation is 1. The van der Waals surface area contributed by atoms with Crippen molar-refractivity contribution in [1.82, 2.24) is 4.31 Å². The van der Waals surface area contributed by atoms with Crippen LogP contribution in [0.15, 0.2) is 17.0 Å². The Morgan fingerprint density at radius 2 is 2.15 bits per heavy atom. The molecule has 1 aliphatic rings. The van der Waals surface area contributed by atoms with Gasteiger partial charge in [0.05, 0.1) is 16.7 Å².